The van der Waals surface area contributed by atoms with Crippen LogP contribution in [0.25, 0.3) is 0 Å². The molecule has 0 aliphatic heterocycles. The smallest absolute Gasteiger partial charge is 0.107 e. The molecule has 0 fully saturated rings. The predicted octanol–water partition coefficient (Wildman–Crippen LogP) is 3.56. The molecule has 1 atom stereocenters. The minimum absolute atomic E-state index is 0.534. The van der Waals surface area contributed by atoms with Crippen LogP contribution in [0, 0.1) is 0 Å². The van der Waals surface area contributed by atoms with Crippen molar-refractivity contribution in [2.75, 3.05) is 0 Å². The SMILES string of the molecule is CC[C@@H](C)c1cc(Br)co1. The standard InChI is InChI=1S/C8H11BrO/c1-3-6(2)8-4-7(9)5-10-8/h4-6H,3H2,1-2H3/t6-/m1/s1. The molecule has 56 valence electrons. The van der Waals surface area contributed by atoms with E-state index in [1.807, 2.05) is 6.07 Å². The first-order chi connectivity index (χ1) is 4.74. The van der Waals surface area contributed by atoms with E-state index in [0.717, 1.165) is 16.7 Å². The van der Waals surface area contributed by atoms with Crippen LogP contribution in [-0.4, -0.2) is 0 Å². The molecule has 0 amide bonds. The molecule has 1 nitrogen and oxygen atoms in total. The molecular formula is C8H11BrO. The van der Waals surface area contributed by atoms with Crippen LogP contribution in [0.5, 0.6) is 0 Å². The summed E-state index contributed by atoms with van der Waals surface area (Å²) in [6.07, 6.45) is 2.85. The predicted molar refractivity (Wildman–Crippen MR) is 45.1 cm³/mol. The highest BCUT2D eigenvalue weighted by Gasteiger charge is 2.06. The van der Waals surface area contributed by atoms with E-state index < -0.39 is 0 Å². The maximum atomic E-state index is 5.27. The molecule has 1 aromatic rings. The van der Waals surface area contributed by atoms with Crippen LogP contribution in [-0.2, 0) is 0 Å². The molecule has 10 heavy (non-hydrogen) atoms. The zero-order valence-electron chi connectivity index (χ0n) is 6.23. The molecule has 0 radical (unpaired) electrons. The van der Waals surface area contributed by atoms with Crippen LogP contribution in [0.4, 0.5) is 0 Å². The van der Waals surface area contributed by atoms with E-state index in [1.54, 1.807) is 6.26 Å². The minimum Gasteiger partial charge on any atom is -0.468 e. The van der Waals surface area contributed by atoms with Crippen molar-refractivity contribution in [2.24, 2.45) is 0 Å². The highest BCUT2D eigenvalue weighted by Crippen LogP contribution is 2.23. The summed E-state index contributed by atoms with van der Waals surface area (Å²) in [5, 5.41) is 0. The summed E-state index contributed by atoms with van der Waals surface area (Å²) < 4.78 is 6.30. The molecule has 0 N–H and O–H groups in total. The van der Waals surface area contributed by atoms with Gasteiger partial charge in [0, 0.05) is 5.92 Å². The Balaban J connectivity index is 2.74. The van der Waals surface area contributed by atoms with Gasteiger partial charge in [-0.25, -0.2) is 0 Å². The number of rotatable bonds is 2. The van der Waals surface area contributed by atoms with Gasteiger partial charge in [-0.2, -0.15) is 0 Å². The quantitative estimate of drug-likeness (QED) is 0.716. The molecule has 0 saturated carbocycles. The average Bonchev–Trinajstić information content (AvgIpc) is 2.34. The summed E-state index contributed by atoms with van der Waals surface area (Å²) in [7, 11) is 0. The second kappa shape index (κ2) is 3.24. The third-order valence-corrected chi connectivity index (χ3v) is 2.10. The lowest BCUT2D eigenvalue weighted by atomic mass is 10.1. The summed E-state index contributed by atoms with van der Waals surface area (Å²) in [5.74, 6) is 1.60. The molecule has 1 rings (SSSR count). The topological polar surface area (TPSA) is 13.1 Å². The van der Waals surface area contributed by atoms with Gasteiger partial charge in [0.15, 0.2) is 0 Å². The average molecular weight is 203 g/mol. The highest BCUT2D eigenvalue weighted by molar-refractivity contribution is 9.10. The first kappa shape index (κ1) is 7.86. The molecule has 0 saturated heterocycles. The second-order valence-corrected chi connectivity index (χ2v) is 3.39. The molecule has 0 bridgehead atoms. The van der Waals surface area contributed by atoms with Gasteiger partial charge in [-0.15, -0.1) is 0 Å². The van der Waals surface area contributed by atoms with Crippen molar-refractivity contribution < 1.29 is 4.42 Å². The van der Waals surface area contributed by atoms with Gasteiger partial charge in [-0.1, -0.05) is 13.8 Å². The van der Waals surface area contributed by atoms with Gasteiger partial charge in [0.05, 0.1) is 4.47 Å². The Morgan fingerprint density at radius 2 is 2.40 bits per heavy atom. The van der Waals surface area contributed by atoms with Crippen molar-refractivity contribution in [1.82, 2.24) is 0 Å². The van der Waals surface area contributed by atoms with E-state index in [1.165, 1.54) is 0 Å². The van der Waals surface area contributed by atoms with E-state index >= 15 is 0 Å². The second-order valence-electron chi connectivity index (χ2n) is 2.48. The van der Waals surface area contributed by atoms with Gasteiger partial charge in [0.25, 0.3) is 0 Å². The lowest BCUT2D eigenvalue weighted by molar-refractivity contribution is 0.468. The molecule has 0 aliphatic rings. The lowest BCUT2D eigenvalue weighted by Gasteiger charge is -2.01. The fraction of sp³-hybridized carbons (Fsp3) is 0.500. The molecule has 2 heteroatoms. The van der Waals surface area contributed by atoms with Gasteiger partial charge in [-0.3, -0.25) is 0 Å². The zero-order valence-corrected chi connectivity index (χ0v) is 7.81. The van der Waals surface area contributed by atoms with Crippen LogP contribution >= 0.6 is 15.9 Å². The summed E-state index contributed by atoms with van der Waals surface area (Å²) in [6, 6.07) is 2.02. The molecule has 0 unspecified atom stereocenters. The molecule has 0 spiro atoms. The molecule has 1 aromatic heterocycles. The fourth-order valence-electron chi connectivity index (χ4n) is 0.788. The molecule has 1 heterocycles. The monoisotopic (exact) mass is 202 g/mol. The van der Waals surface area contributed by atoms with Crippen LogP contribution in [0.2, 0.25) is 0 Å². The number of furan rings is 1. The van der Waals surface area contributed by atoms with Crippen LogP contribution in [0.3, 0.4) is 0 Å². The Bertz CT molecular complexity index is 205. The van der Waals surface area contributed by atoms with E-state index in [0.29, 0.717) is 5.92 Å². The molecule has 0 aliphatic carbocycles. The number of hydrogen-bond acceptors (Lipinski definition) is 1. The minimum atomic E-state index is 0.534. The van der Waals surface area contributed by atoms with E-state index in [9.17, 15) is 0 Å². The van der Waals surface area contributed by atoms with Gasteiger partial charge in [0.1, 0.15) is 12.0 Å². The van der Waals surface area contributed by atoms with Gasteiger partial charge < -0.3 is 4.42 Å². The molecule has 0 aromatic carbocycles. The van der Waals surface area contributed by atoms with Gasteiger partial charge in [0.2, 0.25) is 0 Å². The first-order valence-electron chi connectivity index (χ1n) is 3.48. The third kappa shape index (κ3) is 1.63. The van der Waals surface area contributed by atoms with Crippen molar-refractivity contribution in [3.05, 3.63) is 22.6 Å². The van der Waals surface area contributed by atoms with Crippen LogP contribution < -0.4 is 0 Å². The van der Waals surface area contributed by atoms with Crippen molar-refractivity contribution in [3.63, 3.8) is 0 Å². The summed E-state index contributed by atoms with van der Waals surface area (Å²) in [5.41, 5.74) is 0. The van der Waals surface area contributed by atoms with E-state index in [2.05, 4.69) is 29.8 Å². The Kier molecular flexibility index (Phi) is 2.55. The summed E-state index contributed by atoms with van der Waals surface area (Å²) in [6.45, 7) is 4.31. The zero-order chi connectivity index (χ0) is 7.56. The Morgan fingerprint density at radius 3 is 2.80 bits per heavy atom. The van der Waals surface area contributed by atoms with Gasteiger partial charge in [-0.05, 0) is 28.4 Å². The Hall–Kier alpha value is -0.240. The highest BCUT2D eigenvalue weighted by atomic mass is 79.9. The summed E-state index contributed by atoms with van der Waals surface area (Å²) >= 11 is 3.34. The van der Waals surface area contributed by atoms with Crippen molar-refractivity contribution in [1.29, 1.82) is 0 Å². The summed E-state index contributed by atoms with van der Waals surface area (Å²) in [4.78, 5) is 0. The lowest BCUT2D eigenvalue weighted by Crippen LogP contribution is -1.86. The Labute approximate surface area is 69.6 Å². The van der Waals surface area contributed by atoms with Crippen LogP contribution in [0.1, 0.15) is 31.9 Å². The maximum Gasteiger partial charge on any atom is 0.107 e. The van der Waals surface area contributed by atoms with Crippen molar-refractivity contribution in [3.8, 4) is 0 Å². The molecular weight excluding hydrogens is 192 g/mol. The van der Waals surface area contributed by atoms with Crippen LogP contribution in [0.15, 0.2) is 21.2 Å². The van der Waals surface area contributed by atoms with E-state index in [4.69, 9.17) is 4.42 Å². The fourth-order valence-corrected chi connectivity index (χ4v) is 1.11. The third-order valence-electron chi connectivity index (χ3n) is 1.69. The number of halogens is 1. The first-order valence-corrected chi connectivity index (χ1v) is 4.27. The Morgan fingerprint density at radius 1 is 1.70 bits per heavy atom. The van der Waals surface area contributed by atoms with Gasteiger partial charge >= 0.3 is 0 Å². The van der Waals surface area contributed by atoms with Crippen molar-refractivity contribution >= 4 is 15.9 Å². The van der Waals surface area contributed by atoms with Crippen molar-refractivity contribution in [2.45, 2.75) is 26.2 Å². The largest absolute Gasteiger partial charge is 0.468 e. The van der Waals surface area contributed by atoms with E-state index in [-0.39, 0.29) is 0 Å². The normalized spacial score (nSPS) is 13.5. The number of hydrogen-bond donors (Lipinski definition) is 0. The maximum absolute atomic E-state index is 5.27.